The van der Waals surface area contributed by atoms with Crippen LogP contribution in [0.2, 0.25) is 0 Å². The minimum atomic E-state index is 0.0563. The molecule has 0 radical (unpaired) electrons. The van der Waals surface area contributed by atoms with Gasteiger partial charge < -0.3 is 4.90 Å². The Balaban J connectivity index is 2.88. The molecule has 0 saturated heterocycles. The summed E-state index contributed by atoms with van der Waals surface area (Å²) in [5, 5.41) is 2.69. The van der Waals surface area contributed by atoms with Crippen LogP contribution >= 0.6 is 0 Å². The van der Waals surface area contributed by atoms with Crippen LogP contribution in [0.25, 0.3) is 10.8 Å². The average molecular weight is 312 g/mol. The summed E-state index contributed by atoms with van der Waals surface area (Å²) in [4.78, 5) is 2.58. The first-order valence-electron chi connectivity index (χ1n) is 8.66. The first kappa shape index (κ1) is 17.8. The summed E-state index contributed by atoms with van der Waals surface area (Å²) < 4.78 is 0. The van der Waals surface area contributed by atoms with Crippen LogP contribution in [0.5, 0.6) is 0 Å². The molecule has 2 rings (SSSR count). The maximum absolute atomic E-state index is 2.58. The van der Waals surface area contributed by atoms with Gasteiger partial charge in [-0.05, 0) is 69.4 Å². The van der Waals surface area contributed by atoms with E-state index in [1.807, 2.05) is 0 Å². The highest BCUT2D eigenvalue weighted by Gasteiger charge is 2.35. The van der Waals surface area contributed by atoms with Crippen LogP contribution in [-0.4, -0.2) is 11.1 Å². The van der Waals surface area contributed by atoms with E-state index in [1.165, 1.54) is 22.0 Å². The van der Waals surface area contributed by atoms with Crippen LogP contribution in [0.4, 0.5) is 5.69 Å². The maximum Gasteiger partial charge on any atom is 0.0419 e. The van der Waals surface area contributed by atoms with Crippen LogP contribution < -0.4 is 4.90 Å². The van der Waals surface area contributed by atoms with Gasteiger partial charge in [0.1, 0.15) is 0 Å². The molecule has 0 bridgehead atoms. The van der Waals surface area contributed by atoms with E-state index in [9.17, 15) is 0 Å². The summed E-state index contributed by atoms with van der Waals surface area (Å²) in [7, 11) is 0. The van der Waals surface area contributed by atoms with E-state index in [4.69, 9.17) is 0 Å². The largest absolute Gasteiger partial charge is 0.362 e. The minimum Gasteiger partial charge on any atom is -0.362 e. The molecule has 0 aliphatic carbocycles. The highest BCUT2D eigenvalue weighted by atomic mass is 15.2. The van der Waals surface area contributed by atoms with Crippen LogP contribution in [0, 0.1) is 0 Å². The summed E-state index contributed by atoms with van der Waals surface area (Å²) in [6.07, 6.45) is 0. The molecule has 0 aliphatic rings. The van der Waals surface area contributed by atoms with E-state index in [2.05, 4.69) is 104 Å². The van der Waals surface area contributed by atoms with Crippen molar-refractivity contribution in [1.29, 1.82) is 0 Å². The maximum atomic E-state index is 2.58. The Bertz CT molecular complexity index is 676. The quantitative estimate of drug-likeness (QED) is 0.578. The summed E-state index contributed by atoms with van der Waals surface area (Å²) in [5.74, 6) is 0. The van der Waals surface area contributed by atoms with Gasteiger partial charge in [0.2, 0.25) is 0 Å². The molecule has 0 amide bonds. The number of benzene rings is 2. The Kier molecular flexibility index (Phi) is 4.30. The van der Waals surface area contributed by atoms with Gasteiger partial charge >= 0.3 is 0 Å². The Labute approximate surface area is 142 Å². The molecule has 0 saturated carbocycles. The zero-order chi connectivity index (χ0) is 17.6. The highest BCUT2D eigenvalue weighted by molar-refractivity contribution is 5.91. The van der Waals surface area contributed by atoms with E-state index >= 15 is 0 Å². The monoisotopic (exact) mass is 311 g/mol. The van der Waals surface area contributed by atoms with Crippen molar-refractivity contribution in [3.8, 4) is 0 Å². The lowest BCUT2D eigenvalue weighted by molar-refractivity contribution is 0.377. The number of fused-ring (bicyclic) bond motifs is 1. The fourth-order valence-electron chi connectivity index (χ4n) is 3.96. The molecule has 0 spiro atoms. The number of rotatable bonds is 1. The third kappa shape index (κ3) is 3.54. The van der Waals surface area contributed by atoms with Gasteiger partial charge in [-0.1, -0.05) is 51.1 Å². The van der Waals surface area contributed by atoms with Gasteiger partial charge in [-0.15, -0.1) is 0 Å². The third-order valence-corrected chi connectivity index (χ3v) is 4.24. The lowest BCUT2D eigenvalue weighted by atomic mass is 9.80. The molecule has 0 aromatic heterocycles. The molecule has 2 aromatic rings. The predicted molar refractivity (Wildman–Crippen MR) is 105 cm³/mol. The fraction of sp³-hybridized carbons (Fsp3) is 0.545. The SMILES string of the molecule is CC(C)(C)c1c(N(C(C)(C)C)C(C)(C)C)ccc2ccccc12. The first-order chi connectivity index (χ1) is 10.3. The molecular weight excluding hydrogens is 278 g/mol. The van der Waals surface area contributed by atoms with Gasteiger partial charge in [-0.3, -0.25) is 0 Å². The lowest BCUT2D eigenvalue weighted by Crippen LogP contribution is -2.53. The standard InChI is InChI=1S/C22H33N/c1-20(2,3)19-17-13-11-10-12-16(17)14-15-18(19)23(21(4,5)6)22(7,8)9/h10-15H,1-9H3. The second-order valence-electron chi connectivity index (χ2n) is 9.61. The summed E-state index contributed by atoms with van der Waals surface area (Å²) in [6, 6.07) is 13.3. The lowest BCUT2D eigenvalue weighted by Gasteiger charge is -2.49. The molecule has 0 unspecified atom stereocenters. The van der Waals surface area contributed by atoms with E-state index in [0.29, 0.717) is 0 Å². The minimum absolute atomic E-state index is 0.0563. The van der Waals surface area contributed by atoms with E-state index in [0.717, 1.165) is 0 Å². The molecule has 2 aromatic carbocycles. The van der Waals surface area contributed by atoms with Crippen molar-refractivity contribution < 1.29 is 0 Å². The number of anilines is 1. The van der Waals surface area contributed by atoms with Gasteiger partial charge in [0.05, 0.1) is 0 Å². The predicted octanol–water partition coefficient (Wildman–Crippen LogP) is 6.54. The molecule has 0 N–H and O–H groups in total. The molecule has 23 heavy (non-hydrogen) atoms. The third-order valence-electron chi connectivity index (χ3n) is 4.24. The van der Waals surface area contributed by atoms with Crippen molar-refractivity contribution in [3.63, 3.8) is 0 Å². The Morgan fingerprint density at radius 3 is 1.65 bits per heavy atom. The van der Waals surface area contributed by atoms with Crippen LogP contribution in [0.1, 0.15) is 67.9 Å². The summed E-state index contributed by atoms with van der Waals surface area (Å²) in [5.41, 5.74) is 3.00. The molecule has 0 fully saturated rings. The number of hydrogen-bond donors (Lipinski definition) is 0. The number of nitrogens with zero attached hydrogens (tertiary/aromatic N) is 1. The Hall–Kier alpha value is -1.50. The Morgan fingerprint density at radius 1 is 0.652 bits per heavy atom. The molecule has 1 nitrogen and oxygen atoms in total. The molecule has 1 heteroatoms. The normalized spacial score (nSPS) is 13.4. The zero-order valence-electron chi connectivity index (χ0n) is 16.4. The molecule has 126 valence electrons. The molecule has 0 aliphatic heterocycles. The number of hydrogen-bond acceptors (Lipinski definition) is 1. The zero-order valence-corrected chi connectivity index (χ0v) is 16.4. The van der Waals surface area contributed by atoms with E-state index in [-0.39, 0.29) is 16.5 Å². The van der Waals surface area contributed by atoms with Crippen molar-refractivity contribution in [2.24, 2.45) is 0 Å². The van der Waals surface area contributed by atoms with Crippen molar-refractivity contribution in [2.75, 3.05) is 4.90 Å². The molecule has 0 atom stereocenters. The topological polar surface area (TPSA) is 3.24 Å². The van der Waals surface area contributed by atoms with Crippen LogP contribution in [0.15, 0.2) is 36.4 Å². The average Bonchev–Trinajstić information content (AvgIpc) is 2.33. The van der Waals surface area contributed by atoms with Gasteiger partial charge in [-0.25, -0.2) is 0 Å². The van der Waals surface area contributed by atoms with Crippen molar-refractivity contribution in [1.82, 2.24) is 0 Å². The van der Waals surface area contributed by atoms with Gasteiger partial charge in [0, 0.05) is 16.8 Å². The highest BCUT2D eigenvalue weighted by Crippen LogP contribution is 2.42. The summed E-state index contributed by atoms with van der Waals surface area (Å²) >= 11 is 0. The fourth-order valence-corrected chi connectivity index (χ4v) is 3.96. The van der Waals surface area contributed by atoms with E-state index < -0.39 is 0 Å². The summed E-state index contributed by atoms with van der Waals surface area (Å²) in [6.45, 7) is 20.8. The molecular formula is C22H33N. The van der Waals surface area contributed by atoms with Gasteiger partial charge in [0.25, 0.3) is 0 Å². The van der Waals surface area contributed by atoms with Crippen LogP contribution in [-0.2, 0) is 5.41 Å². The van der Waals surface area contributed by atoms with Crippen molar-refractivity contribution >= 4 is 16.5 Å². The first-order valence-corrected chi connectivity index (χ1v) is 8.66. The molecule has 0 heterocycles. The van der Waals surface area contributed by atoms with Gasteiger partial charge in [-0.2, -0.15) is 0 Å². The smallest absolute Gasteiger partial charge is 0.0419 e. The Morgan fingerprint density at radius 2 is 1.17 bits per heavy atom. The van der Waals surface area contributed by atoms with Crippen molar-refractivity contribution in [3.05, 3.63) is 42.0 Å². The second kappa shape index (κ2) is 5.54. The second-order valence-corrected chi connectivity index (χ2v) is 9.61. The van der Waals surface area contributed by atoms with Crippen LogP contribution in [0.3, 0.4) is 0 Å². The van der Waals surface area contributed by atoms with E-state index in [1.54, 1.807) is 0 Å². The van der Waals surface area contributed by atoms with Gasteiger partial charge in [0.15, 0.2) is 0 Å². The van der Waals surface area contributed by atoms with Crippen molar-refractivity contribution in [2.45, 2.75) is 78.8 Å².